The van der Waals surface area contributed by atoms with Crippen molar-refractivity contribution >= 4 is 5.91 Å². The van der Waals surface area contributed by atoms with Crippen LogP contribution in [0.2, 0.25) is 0 Å². The molecule has 0 aromatic heterocycles. The number of nitrogens with one attached hydrogen (secondary N) is 1. The van der Waals surface area contributed by atoms with Gasteiger partial charge in [0.15, 0.2) is 0 Å². The number of rotatable bonds is 4. The number of nitrogens with zero attached hydrogens (tertiary/aromatic N) is 1. The lowest BCUT2D eigenvalue weighted by molar-refractivity contribution is -0.141. The minimum atomic E-state index is -0.128. The summed E-state index contributed by atoms with van der Waals surface area (Å²) in [6.07, 6.45) is 10.3. The quantitative estimate of drug-likeness (QED) is 0.846. The van der Waals surface area contributed by atoms with Gasteiger partial charge >= 0.3 is 0 Å². The van der Waals surface area contributed by atoms with Crippen LogP contribution in [0.4, 0.5) is 0 Å². The van der Waals surface area contributed by atoms with Gasteiger partial charge in [-0.3, -0.25) is 4.79 Å². The van der Waals surface area contributed by atoms with E-state index < -0.39 is 0 Å². The van der Waals surface area contributed by atoms with Crippen LogP contribution in [0, 0.1) is 11.3 Å². The average Bonchev–Trinajstić information content (AvgIpc) is 3.18. The molecule has 1 saturated heterocycles. The number of carbonyl (C=O) groups is 1. The lowest BCUT2D eigenvalue weighted by atomic mass is 9.85. The van der Waals surface area contributed by atoms with E-state index in [1.807, 2.05) is 0 Å². The summed E-state index contributed by atoms with van der Waals surface area (Å²) in [6, 6.07) is 0.576. The summed E-state index contributed by atoms with van der Waals surface area (Å²) in [4.78, 5) is 15.2. The van der Waals surface area contributed by atoms with Crippen molar-refractivity contribution in [2.24, 2.45) is 11.3 Å². The van der Waals surface area contributed by atoms with Crippen LogP contribution in [-0.2, 0) is 4.79 Å². The molecule has 1 N–H and O–H groups in total. The molecular weight excluding hydrogens is 236 g/mol. The normalized spacial score (nSPS) is 32.5. The van der Waals surface area contributed by atoms with Gasteiger partial charge in [0.05, 0.1) is 5.41 Å². The summed E-state index contributed by atoms with van der Waals surface area (Å²) in [5, 5.41) is 3.36. The van der Waals surface area contributed by atoms with Gasteiger partial charge in [-0.15, -0.1) is 0 Å². The third kappa shape index (κ3) is 2.96. The van der Waals surface area contributed by atoms with E-state index >= 15 is 0 Å². The predicted molar refractivity (Wildman–Crippen MR) is 76.9 cm³/mol. The minimum Gasteiger partial charge on any atom is -0.339 e. The molecule has 3 heteroatoms. The highest BCUT2D eigenvalue weighted by Gasteiger charge is 2.44. The van der Waals surface area contributed by atoms with Crippen LogP contribution >= 0.6 is 0 Å². The standard InChI is InChI=1S/C16H28N2O/c1-16(9-10-17-12-16)15(19)18(14-7-8-14)11-13-5-3-2-4-6-13/h13-14,17H,2-12H2,1H3. The second-order valence-electron chi connectivity index (χ2n) is 7.18. The highest BCUT2D eigenvalue weighted by Crippen LogP contribution is 2.36. The zero-order chi connectivity index (χ0) is 13.3. The molecule has 1 heterocycles. The Morgan fingerprint density at radius 2 is 1.95 bits per heavy atom. The second kappa shape index (κ2) is 5.43. The summed E-state index contributed by atoms with van der Waals surface area (Å²) >= 11 is 0. The number of hydrogen-bond acceptors (Lipinski definition) is 2. The molecule has 0 aromatic rings. The SMILES string of the molecule is CC1(C(=O)N(CC2CCCCC2)C2CC2)CCNC1. The van der Waals surface area contributed by atoms with Crippen molar-refractivity contribution in [2.75, 3.05) is 19.6 Å². The van der Waals surface area contributed by atoms with E-state index in [1.54, 1.807) is 0 Å². The van der Waals surface area contributed by atoms with Gasteiger partial charge in [0.2, 0.25) is 5.91 Å². The topological polar surface area (TPSA) is 32.3 Å². The maximum Gasteiger partial charge on any atom is 0.230 e. The number of carbonyl (C=O) groups excluding carboxylic acids is 1. The van der Waals surface area contributed by atoms with Crippen molar-refractivity contribution in [1.82, 2.24) is 10.2 Å². The Kier molecular flexibility index (Phi) is 3.84. The molecule has 2 aliphatic carbocycles. The zero-order valence-corrected chi connectivity index (χ0v) is 12.3. The van der Waals surface area contributed by atoms with Crippen molar-refractivity contribution in [2.45, 2.75) is 64.3 Å². The molecule has 0 aromatic carbocycles. The summed E-state index contributed by atoms with van der Waals surface area (Å²) in [7, 11) is 0. The molecule has 108 valence electrons. The molecule has 19 heavy (non-hydrogen) atoms. The monoisotopic (exact) mass is 264 g/mol. The first-order valence-electron chi connectivity index (χ1n) is 8.21. The van der Waals surface area contributed by atoms with Gasteiger partial charge in [0, 0.05) is 19.1 Å². The van der Waals surface area contributed by atoms with E-state index in [2.05, 4.69) is 17.1 Å². The first-order chi connectivity index (χ1) is 9.19. The smallest absolute Gasteiger partial charge is 0.230 e. The van der Waals surface area contributed by atoms with Crippen LogP contribution in [0.3, 0.4) is 0 Å². The molecular formula is C16H28N2O. The molecule has 1 atom stereocenters. The largest absolute Gasteiger partial charge is 0.339 e. The fourth-order valence-corrected chi connectivity index (χ4v) is 3.78. The zero-order valence-electron chi connectivity index (χ0n) is 12.3. The Morgan fingerprint density at radius 3 is 2.53 bits per heavy atom. The van der Waals surface area contributed by atoms with Crippen LogP contribution in [0.15, 0.2) is 0 Å². The van der Waals surface area contributed by atoms with Crippen LogP contribution in [0.1, 0.15) is 58.3 Å². The molecule has 1 aliphatic heterocycles. The summed E-state index contributed by atoms with van der Waals surface area (Å²) in [5.41, 5.74) is -0.128. The van der Waals surface area contributed by atoms with Gasteiger partial charge in [0.25, 0.3) is 0 Å². The van der Waals surface area contributed by atoms with E-state index in [1.165, 1.54) is 44.9 Å². The van der Waals surface area contributed by atoms with Gasteiger partial charge in [0.1, 0.15) is 0 Å². The third-order valence-electron chi connectivity index (χ3n) is 5.31. The molecule has 3 aliphatic rings. The summed E-state index contributed by atoms with van der Waals surface area (Å²) < 4.78 is 0. The van der Waals surface area contributed by atoms with Crippen molar-refractivity contribution in [3.05, 3.63) is 0 Å². The molecule has 0 radical (unpaired) electrons. The number of hydrogen-bond donors (Lipinski definition) is 1. The minimum absolute atomic E-state index is 0.128. The van der Waals surface area contributed by atoms with E-state index in [-0.39, 0.29) is 5.41 Å². The molecule has 3 rings (SSSR count). The van der Waals surface area contributed by atoms with Crippen molar-refractivity contribution in [3.8, 4) is 0 Å². The van der Waals surface area contributed by atoms with Gasteiger partial charge in [-0.1, -0.05) is 19.3 Å². The molecule has 2 saturated carbocycles. The van der Waals surface area contributed by atoms with Crippen LogP contribution in [0.5, 0.6) is 0 Å². The van der Waals surface area contributed by atoms with Crippen LogP contribution in [0.25, 0.3) is 0 Å². The highest BCUT2D eigenvalue weighted by molar-refractivity contribution is 5.83. The van der Waals surface area contributed by atoms with Gasteiger partial charge in [-0.2, -0.15) is 0 Å². The molecule has 0 spiro atoms. The summed E-state index contributed by atoms with van der Waals surface area (Å²) in [6.45, 7) is 5.08. The van der Waals surface area contributed by atoms with Crippen molar-refractivity contribution < 1.29 is 4.79 Å². The fourth-order valence-electron chi connectivity index (χ4n) is 3.78. The van der Waals surface area contributed by atoms with Crippen molar-refractivity contribution in [1.29, 1.82) is 0 Å². The molecule has 1 unspecified atom stereocenters. The average molecular weight is 264 g/mol. The van der Waals surface area contributed by atoms with Crippen molar-refractivity contribution in [3.63, 3.8) is 0 Å². The Hall–Kier alpha value is -0.570. The Morgan fingerprint density at radius 1 is 1.21 bits per heavy atom. The second-order valence-corrected chi connectivity index (χ2v) is 7.18. The molecule has 3 nitrogen and oxygen atoms in total. The third-order valence-corrected chi connectivity index (χ3v) is 5.31. The highest BCUT2D eigenvalue weighted by atomic mass is 16.2. The fraction of sp³-hybridized carbons (Fsp3) is 0.938. The maximum atomic E-state index is 12.9. The first-order valence-corrected chi connectivity index (χ1v) is 8.21. The lowest BCUT2D eigenvalue weighted by Crippen LogP contribution is -2.46. The number of amides is 1. The Balaban J connectivity index is 1.64. The van der Waals surface area contributed by atoms with Gasteiger partial charge < -0.3 is 10.2 Å². The summed E-state index contributed by atoms with van der Waals surface area (Å²) in [5.74, 6) is 1.21. The van der Waals surface area contributed by atoms with Gasteiger partial charge in [-0.05, 0) is 51.5 Å². The lowest BCUT2D eigenvalue weighted by Gasteiger charge is -2.35. The van der Waals surface area contributed by atoms with E-state index in [0.717, 1.165) is 32.0 Å². The first kappa shape index (κ1) is 13.4. The molecule has 3 fully saturated rings. The van der Waals surface area contributed by atoms with Gasteiger partial charge in [-0.25, -0.2) is 0 Å². The van der Waals surface area contributed by atoms with Crippen LogP contribution < -0.4 is 5.32 Å². The van der Waals surface area contributed by atoms with E-state index in [4.69, 9.17) is 0 Å². The Bertz CT molecular complexity index is 326. The molecule has 0 bridgehead atoms. The van der Waals surface area contributed by atoms with Crippen LogP contribution in [-0.4, -0.2) is 36.5 Å². The van der Waals surface area contributed by atoms with E-state index in [0.29, 0.717) is 11.9 Å². The Labute approximate surface area is 117 Å². The van der Waals surface area contributed by atoms with E-state index in [9.17, 15) is 4.79 Å². The predicted octanol–water partition coefficient (Wildman–Crippen LogP) is 2.56. The molecule has 1 amide bonds. The maximum absolute atomic E-state index is 12.9.